The summed E-state index contributed by atoms with van der Waals surface area (Å²) < 4.78 is 8.27. The van der Waals surface area contributed by atoms with E-state index < -0.39 is 5.97 Å². The van der Waals surface area contributed by atoms with Gasteiger partial charge in [-0.2, -0.15) is 5.10 Å². The molecule has 0 spiro atoms. The first kappa shape index (κ1) is 15.1. The van der Waals surface area contributed by atoms with Crippen molar-refractivity contribution in [1.82, 2.24) is 29.8 Å². The van der Waals surface area contributed by atoms with Crippen LogP contribution in [-0.4, -0.2) is 42.8 Å². The Kier molecular flexibility index (Phi) is 4.66. The Balaban J connectivity index is 2.34. The van der Waals surface area contributed by atoms with Gasteiger partial charge in [0.2, 0.25) is 0 Å². The van der Waals surface area contributed by atoms with Crippen LogP contribution in [0.4, 0.5) is 0 Å². The molecule has 2 rings (SSSR count). The number of hydrogen-bond acceptors (Lipinski definition) is 6. The zero-order valence-electron chi connectivity index (χ0n) is 12.8. The molecule has 0 N–H and O–H groups in total. The summed E-state index contributed by atoms with van der Waals surface area (Å²) in [4.78, 5) is 16.0. The van der Waals surface area contributed by atoms with Crippen LogP contribution in [0.15, 0.2) is 6.33 Å². The Labute approximate surface area is 123 Å². The van der Waals surface area contributed by atoms with Gasteiger partial charge in [-0.3, -0.25) is 0 Å². The largest absolute Gasteiger partial charge is 0.464 e. The van der Waals surface area contributed by atoms with Gasteiger partial charge in [-0.05, 0) is 12.3 Å². The fraction of sp³-hybridized carbons (Fsp3) is 0.615. The second-order valence-electron chi connectivity index (χ2n) is 5.03. The van der Waals surface area contributed by atoms with Gasteiger partial charge in [0.25, 0.3) is 0 Å². The molecule has 0 aliphatic heterocycles. The number of hydrogen-bond donors (Lipinski definition) is 0. The van der Waals surface area contributed by atoms with Crippen molar-refractivity contribution in [1.29, 1.82) is 0 Å². The van der Waals surface area contributed by atoms with Crippen LogP contribution in [0, 0.1) is 0 Å². The van der Waals surface area contributed by atoms with E-state index in [4.69, 9.17) is 4.74 Å². The molecule has 0 aliphatic carbocycles. The van der Waals surface area contributed by atoms with Gasteiger partial charge in [0.15, 0.2) is 5.69 Å². The van der Waals surface area contributed by atoms with Crippen LogP contribution in [0.25, 0.3) is 0 Å². The lowest BCUT2D eigenvalue weighted by molar-refractivity contribution is 0.0592. The zero-order valence-corrected chi connectivity index (χ0v) is 12.8. The van der Waals surface area contributed by atoms with Crippen LogP contribution < -0.4 is 0 Å². The summed E-state index contributed by atoms with van der Waals surface area (Å²) >= 11 is 0. The van der Waals surface area contributed by atoms with Gasteiger partial charge in [0, 0.05) is 6.54 Å². The molecule has 0 aromatic carbocycles. The molecule has 0 radical (unpaired) electrons. The van der Waals surface area contributed by atoms with Crippen LogP contribution in [-0.2, 0) is 17.8 Å². The number of nitrogens with zero attached hydrogens (tertiary/aromatic N) is 6. The first-order valence-electron chi connectivity index (χ1n) is 6.96. The molecular weight excluding hydrogens is 272 g/mol. The first-order chi connectivity index (χ1) is 10.1. The first-order valence-corrected chi connectivity index (χ1v) is 6.96. The highest BCUT2D eigenvalue weighted by molar-refractivity contribution is 5.88. The molecule has 2 heterocycles. The smallest absolute Gasteiger partial charge is 0.360 e. The molecule has 0 saturated carbocycles. The normalized spacial score (nSPS) is 11.1. The van der Waals surface area contributed by atoms with Crippen molar-refractivity contribution in [3.8, 4) is 0 Å². The fourth-order valence-corrected chi connectivity index (χ4v) is 2.19. The number of carbonyl (C=O) groups is 1. The van der Waals surface area contributed by atoms with E-state index in [1.165, 1.54) is 13.4 Å². The lowest BCUT2D eigenvalue weighted by atomic mass is 10.1. The second kappa shape index (κ2) is 6.47. The standard InChI is InChI=1S/C13H20N6O2/c1-5-6-18-10(14-8-15-18)7-19-12(9(2)3)11(16-17-19)13(20)21-4/h8-9H,5-7H2,1-4H3. The Bertz CT molecular complexity index is 616. The summed E-state index contributed by atoms with van der Waals surface area (Å²) in [6.07, 6.45) is 2.50. The summed E-state index contributed by atoms with van der Waals surface area (Å²) in [7, 11) is 1.34. The maximum absolute atomic E-state index is 11.8. The molecule has 0 bridgehead atoms. The van der Waals surface area contributed by atoms with Gasteiger partial charge in [0.1, 0.15) is 18.7 Å². The van der Waals surface area contributed by atoms with Crippen molar-refractivity contribution >= 4 is 5.97 Å². The topological polar surface area (TPSA) is 87.7 Å². The minimum absolute atomic E-state index is 0.0941. The molecule has 0 amide bonds. The molecule has 2 aromatic rings. The molecule has 0 fully saturated rings. The number of carbonyl (C=O) groups excluding carboxylic acids is 1. The van der Waals surface area contributed by atoms with Crippen molar-refractivity contribution < 1.29 is 9.53 Å². The van der Waals surface area contributed by atoms with Gasteiger partial charge >= 0.3 is 5.97 Å². The van der Waals surface area contributed by atoms with E-state index in [-0.39, 0.29) is 11.6 Å². The number of methoxy groups -OCH3 is 1. The average molecular weight is 292 g/mol. The van der Waals surface area contributed by atoms with Gasteiger partial charge in [-0.15, -0.1) is 5.10 Å². The van der Waals surface area contributed by atoms with Crippen molar-refractivity contribution in [3.05, 3.63) is 23.5 Å². The summed E-state index contributed by atoms with van der Waals surface area (Å²) in [5.41, 5.74) is 1.00. The number of esters is 1. The van der Waals surface area contributed by atoms with E-state index in [9.17, 15) is 4.79 Å². The van der Waals surface area contributed by atoms with E-state index in [1.54, 1.807) is 4.68 Å². The van der Waals surface area contributed by atoms with Gasteiger partial charge < -0.3 is 4.74 Å². The fourth-order valence-electron chi connectivity index (χ4n) is 2.19. The third-order valence-electron chi connectivity index (χ3n) is 3.12. The third-order valence-corrected chi connectivity index (χ3v) is 3.12. The van der Waals surface area contributed by atoms with E-state index in [2.05, 4.69) is 27.3 Å². The maximum atomic E-state index is 11.8. The predicted octanol–water partition coefficient (Wildman–Crippen LogP) is 1.24. The van der Waals surface area contributed by atoms with Crippen LogP contribution >= 0.6 is 0 Å². The molecular formula is C13H20N6O2. The minimum Gasteiger partial charge on any atom is -0.464 e. The lowest BCUT2D eigenvalue weighted by Gasteiger charge is -2.10. The van der Waals surface area contributed by atoms with Crippen LogP contribution in [0.3, 0.4) is 0 Å². The number of ether oxygens (including phenoxy) is 1. The second-order valence-corrected chi connectivity index (χ2v) is 5.03. The van der Waals surface area contributed by atoms with Crippen molar-refractivity contribution in [2.75, 3.05) is 7.11 Å². The molecule has 8 nitrogen and oxygen atoms in total. The Hall–Kier alpha value is -2.25. The quantitative estimate of drug-likeness (QED) is 0.744. The summed E-state index contributed by atoms with van der Waals surface area (Å²) in [5.74, 6) is 0.414. The van der Waals surface area contributed by atoms with Crippen LogP contribution in [0.2, 0.25) is 0 Å². The highest BCUT2D eigenvalue weighted by Crippen LogP contribution is 2.19. The molecule has 2 aromatic heterocycles. The van der Waals surface area contributed by atoms with E-state index in [1.807, 2.05) is 18.5 Å². The molecule has 8 heteroatoms. The number of aromatic nitrogens is 6. The summed E-state index contributed by atoms with van der Waals surface area (Å²) in [5, 5.41) is 12.2. The molecule has 0 unspecified atom stereocenters. The highest BCUT2D eigenvalue weighted by atomic mass is 16.5. The molecule has 0 aliphatic rings. The van der Waals surface area contributed by atoms with Gasteiger partial charge in [0.05, 0.1) is 12.8 Å². The van der Waals surface area contributed by atoms with E-state index in [0.29, 0.717) is 6.54 Å². The average Bonchev–Trinajstić information content (AvgIpc) is 3.06. The Morgan fingerprint density at radius 1 is 1.38 bits per heavy atom. The SMILES string of the molecule is CCCn1ncnc1Cn1nnc(C(=O)OC)c1C(C)C. The van der Waals surface area contributed by atoms with E-state index >= 15 is 0 Å². The predicted molar refractivity (Wildman–Crippen MR) is 74.9 cm³/mol. The van der Waals surface area contributed by atoms with Crippen molar-refractivity contribution in [2.45, 2.75) is 46.2 Å². The summed E-state index contributed by atoms with van der Waals surface area (Å²) in [6.45, 7) is 7.27. The zero-order chi connectivity index (χ0) is 15.4. The van der Waals surface area contributed by atoms with E-state index in [0.717, 1.165) is 24.5 Å². The maximum Gasteiger partial charge on any atom is 0.360 e. The lowest BCUT2D eigenvalue weighted by Crippen LogP contribution is -2.15. The van der Waals surface area contributed by atoms with Crippen molar-refractivity contribution in [2.24, 2.45) is 0 Å². The minimum atomic E-state index is -0.472. The van der Waals surface area contributed by atoms with Gasteiger partial charge in [-0.1, -0.05) is 26.0 Å². The Morgan fingerprint density at radius 3 is 2.76 bits per heavy atom. The summed E-state index contributed by atoms with van der Waals surface area (Å²) in [6, 6.07) is 0. The number of aryl methyl sites for hydroxylation is 1. The Morgan fingerprint density at radius 2 is 2.14 bits per heavy atom. The van der Waals surface area contributed by atoms with Gasteiger partial charge in [-0.25, -0.2) is 19.1 Å². The monoisotopic (exact) mass is 292 g/mol. The molecule has 0 atom stereocenters. The number of rotatable bonds is 6. The van der Waals surface area contributed by atoms with Crippen LogP contribution in [0.5, 0.6) is 0 Å². The third kappa shape index (κ3) is 3.09. The molecule has 0 saturated heterocycles. The highest BCUT2D eigenvalue weighted by Gasteiger charge is 2.23. The van der Waals surface area contributed by atoms with Crippen molar-refractivity contribution in [3.63, 3.8) is 0 Å². The van der Waals surface area contributed by atoms with Crippen LogP contribution in [0.1, 0.15) is 55.1 Å². The molecule has 114 valence electrons. The molecule has 21 heavy (non-hydrogen) atoms.